The lowest BCUT2D eigenvalue weighted by molar-refractivity contribution is -0.117. The fourth-order valence-corrected chi connectivity index (χ4v) is 4.24. The molecule has 0 bridgehead atoms. The monoisotopic (exact) mass is 677 g/mol. The molecule has 0 spiro atoms. The molecule has 3 atom stereocenters. The number of nitrogens with two attached hydrogens (primary N) is 1. The van der Waals surface area contributed by atoms with E-state index in [1.807, 2.05) is 55.4 Å². The number of nitrogens with zero attached hydrogens (tertiary/aromatic N) is 1. The Morgan fingerprint density at radius 2 is 1.76 bits per heavy atom. The van der Waals surface area contributed by atoms with Crippen molar-refractivity contribution in [3.05, 3.63) is 46.7 Å². The van der Waals surface area contributed by atoms with Crippen molar-refractivity contribution in [3.8, 4) is 11.8 Å². The molecule has 3 aliphatic rings. The number of allylic oxidation sites excluding steroid dienone is 2. The Morgan fingerprint density at radius 3 is 2.28 bits per heavy atom. The number of nitrogens with one attached hydrogen (secondary N) is 3. The largest absolute Gasteiger partial charge is 0.495 e. The molecule has 1 saturated carbocycles. The van der Waals surface area contributed by atoms with Crippen LogP contribution < -0.4 is 21.9 Å². The van der Waals surface area contributed by atoms with Crippen molar-refractivity contribution >= 4 is 17.7 Å². The summed E-state index contributed by atoms with van der Waals surface area (Å²) < 4.78 is 56.1. The summed E-state index contributed by atoms with van der Waals surface area (Å²) in [4.78, 5) is 15.0. The minimum absolute atomic E-state index is 0.00966. The highest BCUT2D eigenvalue weighted by atomic mass is 32.2. The van der Waals surface area contributed by atoms with Crippen molar-refractivity contribution in [2.75, 3.05) is 39.8 Å². The molecule has 1 fully saturated rings. The van der Waals surface area contributed by atoms with Gasteiger partial charge in [0, 0.05) is 42.0 Å². The second-order valence-corrected chi connectivity index (χ2v) is 9.83. The van der Waals surface area contributed by atoms with Crippen LogP contribution in [0.2, 0.25) is 0 Å². The molecule has 0 aromatic rings. The van der Waals surface area contributed by atoms with E-state index in [4.69, 9.17) is 20.1 Å². The first-order valence-corrected chi connectivity index (χ1v) is 17.2. The molecule has 266 valence electrons. The molecule has 9 nitrogen and oxygen atoms in total. The van der Waals surface area contributed by atoms with Crippen LogP contribution in [-0.2, 0) is 19.0 Å². The molecular weight excluding hydrogens is 619 g/mol. The summed E-state index contributed by atoms with van der Waals surface area (Å²) in [6, 6.07) is -1.27. The lowest BCUT2D eigenvalue weighted by atomic mass is 9.92. The second kappa shape index (κ2) is 27.3. The van der Waals surface area contributed by atoms with Crippen LogP contribution in [0.1, 0.15) is 75.2 Å². The molecule has 1 aliphatic carbocycles. The molecule has 0 radical (unpaired) electrons. The number of methoxy groups -OCH3 is 1. The second-order valence-electron chi connectivity index (χ2n) is 8.74. The van der Waals surface area contributed by atoms with Crippen LogP contribution in [0.4, 0.5) is 13.2 Å². The van der Waals surface area contributed by atoms with Gasteiger partial charge in [-0.2, -0.15) is 0 Å². The van der Waals surface area contributed by atoms with Gasteiger partial charge in [0.2, 0.25) is 5.91 Å². The average Bonchev–Trinajstić information content (AvgIpc) is 3.93. The van der Waals surface area contributed by atoms with Gasteiger partial charge in [-0.25, -0.2) is 18.6 Å². The molecule has 0 saturated heterocycles. The third kappa shape index (κ3) is 16.7. The summed E-state index contributed by atoms with van der Waals surface area (Å²) in [6.45, 7) is 17.5. The molecule has 5 N–H and O–H groups in total. The van der Waals surface area contributed by atoms with Gasteiger partial charge in [0.15, 0.2) is 12.2 Å². The first kappa shape index (κ1) is 45.3. The number of hydrazine groups is 1. The minimum Gasteiger partial charge on any atom is -0.495 e. The molecule has 13 heteroatoms. The van der Waals surface area contributed by atoms with Gasteiger partial charge in [0.05, 0.1) is 26.1 Å². The third-order valence-corrected chi connectivity index (χ3v) is 6.65. The van der Waals surface area contributed by atoms with E-state index < -0.39 is 24.7 Å². The van der Waals surface area contributed by atoms with Crippen LogP contribution in [-0.4, -0.2) is 74.8 Å². The maximum atomic E-state index is 13.6. The highest BCUT2D eigenvalue weighted by Crippen LogP contribution is 2.33. The molecule has 2 heterocycles. The van der Waals surface area contributed by atoms with Crippen molar-refractivity contribution in [3.63, 3.8) is 0 Å². The number of hydrogen-bond acceptors (Lipinski definition) is 9. The topological polar surface area (TPSA) is 110 Å². The Labute approximate surface area is 280 Å². The van der Waals surface area contributed by atoms with Gasteiger partial charge in [-0.3, -0.25) is 10.6 Å². The standard InChI is InChI=1S/C25H34F3N5O4S.4C2H6/c1-15(26)36-8-9-37-23-11-17(18-10-20(24(27)28)30-12-21(18)35-3)19(13-33(23)2)25(34)31-14-38-22(32-29)7-6-16-4-5-16;4*1-2/h10-12,15-16,20,22,24,30,32H,4-5,8-9,13-14,29H2,1-3H3,(H,31,34);4*1-2H3. The van der Waals surface area contributed by atoms with E-state index in [0.29, 0.717) is 28.5 Å². The van der Waals surface area contributed by atoms with Crippen molar-refractivity contribution < 1.29 is 32.2 Å². The Hall–Kier alpha value is -2.79. The number of dihydropyridines is 1. The Bertz CT molecular complexity index is 1040. The first-order valence-electron chi connectivity index (χ1n) is 16.2. The summed E-state index contributed by atoms with van der Waals surface area (Å²) in [5, 5.41) is 5.09. The zero-order valence-corrected chi connectivity index (χ0v) is 30.4. The molecule has 3 unspecified atom stereocenters. The smallest absolute Gasteiger partial charge is 0.261 e. The SMILES string of the molecule is CC.CC.CC.CC.COC1=CNC(C(F)F)C=C1C1=C(C(=O)NCSC(C#CC2CC2)NN)CN(C)C(OCCOC(C)F)=C1. The van der Waals surface area contributed by atoms with Gasteiger partial charge in [-0.05, 0) is 25.8 Å². The van der Waals surface area contributed by atoms with E-state index in [1.165, 1.54) is 38.1 Å². The molecule has 2 aliphatic heterocycles. The van der Waals surface area contributed by atoms with Crippen LogP contribution in [0.25, 0.3) is 0 Å². The van der Waals surface area contributed by atoms with Gasteiger partial charge >= 0.3 is 0 Å². The van der Waals surface area contributed by atoms with E-state index in [1.54, 1.807) is 18.0 Å². The summed E-state index contributed by atoms with van der Waals surface area (Å²) in [5.41, 5.74) is 3.66. The maximum absolute atomic E-state index is 13.6. The third-order valence-electron chi connectivity index (χ3n) is 5.75. The van der Waals surface area contributed by atoms with Crippen molar-refractivity contribution in [2.24, 2.45) is 11.8 Å². The summed E-state index contributed by atoms with van der Waals surface area (Å²) in [5.74, 6) is 12.7. The van der Waals surface area contributed by atoms with E-state index in [9.17, 15) is 18.0 Å². The quantitative estimate of drug-likeness (QED) is 0.0597. The fraction of sp³-hybridized carbons (Fsp3) is 0.667. The fourth-order valence-electron chi connectivity index (χ4n) is 3.61. The van der Waals surface area contributed by atoms with Crippen LogP contribution in [0.3, 0.4) is 0 Å². The molecule has 3 rings (SSSR count). The summed E-state index contributed by atoms with van der Waals surface area (Å²) in [7, 11) is 3.13. The molecule has 0 aromatic heterocycles. The van der Waals surface area contributed by atoms with Gasteiger partial charge < -0.3 is 29.7 Å². The van der Waals surface area contributed by atoms with Gasteiger partial charge in [-0.15, -0.1) is 11.8 Å². The number of hydrogen-bond donors (Lipinski definition) is 4. The predicted molar refractivity (Wildman–Crippen MR) is 184 cm³/mol. The zero-order chi connectivity index (χ0) is 35.7. The molecule has 46 heavy (non-hydrogen) atoms. The number of ether oxygens (including phenoxy) is 3. The lowest BCUT2D eigenvalue weighted by Crippen LogP contribution is -2.38. The van der Waals surface area contributed by atoms with Crippen molar-refractivity contribution in [1.82, 2.24) is 21.0 Å². The maximum Gasteiger partial charge on any atom is 0.261 e. The van der Waals surface area contributed by atoms with E-state index >= 15 is 0 Å². The van der Waals surface area contributed by atoms with E-state index in [-0.39, 0.29) is 36.8 Å². The molecular formula is C33H58F3N5O4S. The lowest BCUT2D eigenvalue weighted by Gasteiger charge is -2.31. The number of alkyl halides is 3. The molecule has 0 aromatic carbocycles. The average molecular weight is 678 g/mol. The highest BCUT2D eigenvalue weighted by Gasteiger charge is 2.31. The van der Waals surface area contributed by atoms with Crippen LogP contribution in [0.5, 0.6) is 0 Å². The van der Waals surface area contributed by atoms with Crippen LogP contribution in [0.15, 0.2) is 46.7 Å². The minimum atomic E-state index is -2.68. The number of carbonyl (C=O) groups excluding carboxylic acids is 1. The molecule has 1 amide bonds. The zero-order valence-electron chi connectivity index (χ0n) is 29.6. The number of carbonyl (C=O) groups is 1. The van der Waals surface area contributed by atoms with E-state index in [0.717, 1.165) is 12.8 Å². The Morgan fingerprint density at radius 1 is 1.13 bits per heavy atom. The first-order chi connectivity index (χ1) is 22.2. The normalized spacial score (nSPS) is 17.8. The van der Waals surface area contributed by atoms with Gasteiger partial charge in [0.25, 0.3) is 6.43 Å². The number of likely N-dealkylation sites (N-methyl/N-ethyl adjacent to an activating group) is 1. The van der Waals surface area contributed by atoms with Gasteiger partial charge in [-0.1, -0.05) is 67.2 Å². The van der Waals surface area contributed by atoms with Crippen molar-refractivity contribution in [1.29, 1.82) is 0 Å². The number of thioether (sulfide) groups is 1. The Kier molecular flexibility index (Phi) is 26.9. The predicted octanol–water partition coefficient (Wildman–Crippen LogP) is 6.18. The Balaban J connectivity index is 0. The van der Waals surface area contributed by atoms with E-state index in [2.05, 4.69) is 27.9 Å². The number of rotatable bonds is 13. The van der Waals surface area contributed by atoms with Crippen LogP contribution >= 0.6 is 11.8 Å². The van der Waals surface area contributed by atoms with Crippen LogP contribution in [0, 0.1) is 17.8 Å². The number of amides is 1. The van der Waals surface area contributed by atoms with Gasteiger partial charge in [0.1, 0.15) is 23.8 Å². The van der Waals surface area contributed by atoms with Crippen molar-refractivity contribution in [2.45, 2.75) is 99.4 Å². The summed E-state index contributed by atoms with van der Waals surface area (Å²) in [6.07, 6.45) is 2.33. The number of halogens is 3. The highest BCUT2D eigenvalue weighted by molar-refractivity contribution is 8.00. The summed E-state index contributed by atoms with van der Waals surface area (Å²) >= 11 is 1.32.